The molecule has 1 N–H and O–H groups in total. The number of thiazole rings is 1. The van der Waals surface area contributed by atoms with E-state index in [0.717, 1.165) is 20.7 Å². The molecule has 0 aliphatic heterocycles. The molecule has 0 fully saturated rings. The number of nitrogens with zero attached hydrogens (tertiary/aromatic N) is 3. The Morgan fingerprint density at radius 1 is 1.19 bits per heavy atom. The van der Waals surface area contributed by atoms with Gasteiger partial charge in [-0.1, -0.05) is 23.1 Å². The van der Waals surface area contributed by atoms with Gasteiger partial charge in [-0.25, -0.2) is 14.4 Å². The van der Waals surface area contributed by atoms with Gasteiger partial charge in [0.05, 0.1) is 21.5 Å². The lowest BCUT2D eigenvalue weighted by Crippen LogP contribution is -1.92. The van der Waals surface area contributed by atoms with E-state index >= 15 is 0 Å². The van der Waals surface area contributed by atoms with E-state index in [9.17, 15) is 4.39 Å². The fraction of sp³-hybridized carbons (Fsp3) is 0.0714. The fourth-order valence-corrected chi connectivity index (χ4v) is 3.46. The molecule has 3 aromatic rings. The second-order valence-electron chi connectivity index (χ2n) is 4.24. The summed E-state index contributed by atoms with van der Waals surface area (Å²) in [6.07, 6.45) is 6.24. The van der Waals surface area contributed by atoms with Crippen LogP contribution in [0.2, 0.25) is 0 Å². The third-order valence-corrected chi connectivity index (χ3v) is 4.65. The summed E-state index contributed by atoms with van der Waals surface area (Å²) in [5.74, 6) is 0.418. The van der Waals surface area contributed by atoms with Crippen molar-refractivity contribution in [3.63, 3.8) is 0 Å². The molecule has 0 aliphatic carbocycles. The molecule has 0 aliphatic rings. The van der Waals surface area contributed by atoms with Crippen LogP contribution in [-0.2, 0) is 0 Å². The Balaban J connectivity index is 1.73. The van der Waals surface area contributed by atoms with Gasteiger partial charge in [-0.2, -0.15) is 0 Å². The van der Waals surface area contributed by atoms with Gasteiger partial charge in [0.15, 0.2) is 10.9 Å². The maximum Gasteiger partial charge on any atom is 0.189 e. The van der Waals surface area contributed by atoms with Gasteiger partial charge in [0.2, 0.25) is 0 Å². The van der Waals surface area contributed by atoms with Crippen LogP contribution in [0.5, 0.6) is 0 Å². The van der Waals surface area contributed by atoms with Gasteiger partial charge in [-0.3, -0.25) is 4.98 Å². The molecular formula is C14H11FN4S2. The first-order valence-corrected chi connectivity index (χ1v) is 7.77. The molecule has 0 aromatic carbocycles. The molecule has 7 heteroatoms. The smallest absolute Gasteiger partial charge is 0.189 e. The summed E-state index contributed by atoms with van der Waals surface area (Å²) in [7, 11) is 0. The number of hydrogen-bond acceptors (Lipinski definition) is 6. The highest BCUT2D eigenvalue weighted by molar-refractivity contribution is 8.01. The molecule has 0 unspecified atom stereocenters. The van der Waals surface area contributed by atoms with Crippen LogP contribution < -0.4 is 5.32 Å². The Hall–Kier alpha value is -1.99. The first-order valence-electron chi connectivity index (χ1n) is 6.13. The van der Waals surface area contributed by atoms with Crippen molar-refractivity contribution in [1.82, 2.24) is 15.0 Å². The third kappa shape index (κ3) is 3.56. The number of pyridine rings is 2. The number of nitrogens with one attached hydrogen (secondary N) is 1. The van der Waals surface area contributed by atoms with E-state index < -0.39 is 0 Å². The molecule has 0 saturated heterocycles. The van der Waals surface area contributed by atoms with Crippen LogP contribution in [0.1, 0.15) is 5.56 Å². The molecule has 21 heavy (non-hydrogen) atoms. The predicted molar refractivity (Wildman–Crippen MR) is 82.7 cm³/mol. The number of halogens is 1. The van der Waals surface area contributed by atoms with Crippen molar-refractivity contribution in [2.24, 2.45) is 0 Å². The van der Waals surface area contributed by atoms with Crippen molar-refractivity contribution in [3.8, 4) is 0 Å². The van der Waals surface area contributed by atoms with Crippen molar-refractivity contribution in [3.05, 3.63) is 54.4 Å². The molecule has 0 saturated carbocycles. The van der Waals surface area contributed by atoms with Crippen LogP contribution in [0.4, 0.5) is 15.3 Å². The van der Waals surface area contributed by atoms with E-state index in [1.807, 2.05) is 19.1 Å². The summed E-state index contributed by atoms with van der Waals surface area (Å²) >= 11 is 2.78. The van der Waals surface area contributed by atoms with Crippen LogP contribution in [-0.4, -0.2) is 15.0 Å². The molecular weight excluding hydrogens is 307 g/mol. The minimum Gasteiger partial charge on any atom is -0.316 e. The molecule has 0 radical (unpaired) electrons. The van der Waals surface area contributed by atoms with E-state index in [1.165, 1.54) is 29.3 Å². The minimum atomic E-state index is -0.328. The van der Waals surface area contributed by atoms with E-state index in [-0.39, 0.29) is 5.82 Å². The number of anilines is 2. The van der Waals surface area contributed by atoms with E-state index in [2.05, 4.69) is 20.3 Å². The van der Waals surface area contributed by atoms with Gasteiger partial charge in [-0.15, -0.1) is 0 Å². The Bertz CT molecular complexity index is 760. The van der Waals surface area contributed by atoms with Gasteiger partial charge < -0.3 is 5.32 Å². The molecule has 4 nitrogen and oxygen atoms in total. The number of aromatic nitrogens is 3. The van der Waals surface area contributed by atoms with Crippen molar-refractivity contribution >= 4 is 34.0 Å². The second-order valence-corrected chi connectivity index (χ2v) is 6.61. The third-order valence-electron chi connectivity index (χ3n) is 2.58. The lowest BCUT2D eigenvalue weighted by Gasteiger charge is -2.01. The van der Waals surface area contributed by atoms with Crippen molar-refractivity contribution in [2.45, 2.75) is 16.0 Å². The fourth-order valence-electron chi connectivity index (χ4n) is 1.63. The number of aryl methyl sites for hydroxylation is 1. The Kier molecular flexibility index (Phi) is 4.12. The zero-order valence-corrected chi connectivity index (χ0v) is 12.7. The molecule has 0 bridgehead atoms. The molecule has 0 amide bonds. The lowest BCUT2D eigenvalue weighted by molar-refractivity contribution is 0.595. The average Bonchev–Trinajstić information content (AvgIpc) is 2.89. The summed E-state index contributed by atoms with van der Waals surface area (Å²) in [5.41, 5.74) is 1.12. The van der Waals surface area contributed by atoms with Gasteiger partial charge in [-0.05, 0) is 30.7 Å². The van der Waals surface area contributed by atoms with E-state index in [0.29, 0.717) is 4.90 Å². The number of rotatable bonds is 4. The lowest BCUT2D eigenvalue weighted by atomic mass is 10.3. The van der Waals surface area contributed by atoms with Crippen molar-refractivity contribution in [1.29, 1.82) is 0 Å². The average molecular weight is 318 g/mol. The zero-order valence-electron chi connectivity index (χ0n) is 11.1. The van der Waals surface area contributed by atoms with Crippen LogP contribution in [0, 0.1) is 12.7 Å². The van der Waals surface area contributed by atoms with Gasteiger partial charge in [0.25, 0.3) is 0 Å². The summed E-state index contributed by atoms with van der Waals surface area (Å²) in [6, 6.07) is 5.52. The van der Waals surface area contributed by atoms with E-state index in [1.54, 1.807) is 24.7 Å². The first-order chi connectivity index (χ1) is 10.2. The monoisotopic (exact) mass is 318 g/mol. The second kappa shape index (κ2) is 6.19. The summed E-state index contributed by atoms with van der Waals surface area (Å²) in [4.78, 5) is 12.8. The SMILES string of the molecule is Cc1ccnc(Nc2ncc(Sc3ccncc3F)s2)c1. The highest BCUT2D eigenvalue weighted by Gasteiger charge is 2.08. The maximum atomic E-state index is 13.5. The minimum absolute atomic E-state index is 0.328. The van der Waals surface area contributed by atoms with Crippen LogP contribution in [0.3, 0.4) is 0 Å². The predicted octanol–water partition coefficient (Wildman–Crippen LogP) is 4.28. The van der Waals surface area contributed by atoms with Crippen molar-refractivity contribution < 1.29 is 4.39 Å². The van der Waals surface area contributed by atoms with Crippen LogP contribution >= 0.6 is 23.1 Å². The van der Waals surface area contributed by atoms with E-state index in [4.69, 9.17) is 0 Å². The number of hydrogen-bond donors (Lipinski definition) is 1. The van der Waals surface area contributed by atoms with Gasteiger partial charge in [0.1, 0.15) is 5.82 Å². The highest BCUT2D eigenvalue weighted by Crippen LogP contribution is 2.35. The van der Waals surface area contributed by atoms with Crippen LogP contribution in [0.15, 0.2) is 52.1 Å². The van der Waals surface area contributed by atoms with Gasteiger partial charge in [0, 0.05) is 12.4 Å². The summed E-state index contributed by atoms with van der Waals surface area (Å²) in [6.45, 7) is 2.00. The molecule has 3 aromatic heterocycles. The maximum absolute atomic E-state index is 13.5. The Labute approximate surface area is 129 Å². The van der Waals surface area contributed by atoms with Crippen LogP contribution in [0.25, 0.3) is 0 Å². The molecule has 0 atom stereocenters. The first kappa shape index (κ1) is 14.0. The molecule has 3 rings (SSSR count). The summed E-state index contributed by atoms with van der Waals surface area (Å²) < 4.78 is 14.4. The van der Waals surface area contributed by atoms with Gasteiger partial charge >= 0.3 is 0 Å². The zero-order chi connectivity index (χ0) is 14.7. The topological polar surface area (TPSA) is 50.7 Å². The molecule has 3 heterocycles. The largest absolute Gasteiger partial charge is 0.316 e. The Morgan fingerprint density at radius 3 is 2.90 bits per heavy atom. The molecule has 106 valence electrons. The quantitative estimate of drug-likeness (QED) is 0.778. The normalized spacial score (nSPS) is 10.6. The molecule has 0 spiro atoms. The standard InChI is InChI=1S/C14H11FN4S2/c1-9-2-5-17-12(6-9)19-14-18-8-13(21-14)20-11-3-4-16-7-10(11)15/h2-8H,1H3,(H,17,18,19). The van der Waals surface area contributed by atoms with Crippen molar-refractivity contribution in [2.75, 3.05) is 5.32 Å². The highest BCUT2D eigenvalue weighted by atomic mass is 32.2. The summed E-state index contributed by atoms with van der Waals surface area (Å²) in [5, 5.41) is 3.87. The Morgan fingerprint density at radius 2 is 2.10 bits per heavy atom.